The van der Waals surface area contributed by atoms with Gasteiger partial charge in [0, 0.05) is 23.7 Å². The molecule has 0 bridgehead atoms. The Morgan fingerprint density at radius 3 is 1.45 bits per heavy atom. The number of unbranched alkanes of at least 4 members (excludes halogenated alkanes) is 1. The van der Waals surface area contributed by atoms with E-state index in [4.69, 9.17) is 0 Å². The minimum Gasteiger partial charge on any atom is -0.0762 e. The third-order valence-corrected chi connectivity index (χ3v) is 4.68. The Hall–Kier alpha value is -1.04. The molecule has 0 atom stereocenters. The Morgan fingerprint density at radius 1 is 0.500 bits per heavy atom. The van der Waals surface area contributed by atoms with Crippen molar-refractivity contribution in [2.45, 2.75) is 25.7 Å². The molecular weight excluding hydrogens is 264 g/mol. The molecule has 0 amide bonds. The molecule has 0 aliphatic heterocycles. The fourth-order valence-corrected chi connectivity index (χ4v) is 3.50. The molecule has 0 aromatic rings. The van der Waals surface area contributed by atoms with Gasteiger partial charge in [-0.05, 0) is 50.4 Å². The van der Waals surface area contributed by atoms with Gasteiger partial charge in [0.15, 0.2) is 0 Å². The summed E-state index contributed by atoms with van der Waals surface area (Å²) in [6.45, 7) is 0. The molecule has 0 spiro atoms. The van der Waals surface area contributed by atoms with E-state index in [0.717, 1.165) is 0 Å². The lowest BCUT2D eigenvalue weighted by molar-refractivity contribution is 0.673. The van der Waals surface area contributed by atoms with E-state index in [1.165, 1.54) is 61.2 Å². The van der Waals surface area contributed by atoms with Gasteiger partial charge in [0.2, 0.25) is 0 Å². The zero-order valence-electron chi connectivity index (χ0n) is 12.8. The van der Waals surface area contributed by atoms with Crippen LogP contribution in [0.25, 0.3) is 0 Å². The van der Waals surface area contributed by atoms with Crippen molar-refractivity contribution in [2.24, 2.45) is 0 Å². The van der Waals surface area contributed by atoms with Gasteiger partial charge >= 0.3 is 0 Å². The van der Waals surface area contributed by atoms with Crippen LogP contribution in [0, 0.1) is 61.2 Å². The number of allylic oxidation sites excluding steroid dienone is 8. The standard InChI is InChI=1S/C22H20/c1(7-17-13-15-19-9-3-5-11-21(17)19)2-8-18-14-16-20-10-4-6-12-22(18)20/h3-6,9-16H,1-2,7-8H2. The molecule has 0 heteroatoms. The van der Waals surface area contributed by atoms with Gasteiger partial charge in [-0.1, -0.05) is 61.4 Å². The third kappa shape index (κ3) is 2.90. The first kappa shape index (κ1) is 14.5. The Labute approximate surface area is 136 Å². The lowest BCUT2D eigenvalue weighted by Crippen LogP contribution is -2.09. The highest BCUT2D eigenvalue weighted by atomic mass is 14.4. The van der Waals surface area contributed by atoms with Gasteiger partial charge in [0.1, 0.15) is 0 Å². The van der Waals surface area contributed by atoms with Crippen molar-refractivity contribution in [3.05, 3.63) is 110 Å². The van der Waals surface area contributed by atoms with E-state index in [9.17, 15) is 0 Å². The molecule has 10 radical (unpaired) electrons. The predicted octanol–water partition coefficient (Wildman–Crippen LogP) is 5.09. The summed E-state index contributed by atoms with van der Waals surface area (Å²) in [7, 11) is 0. The molecule has 0 N–H and O–H groups in total. The minimum atomic E-state index is 1.19. The Bertz CT molecular complexity index is 446. The Kier molecular flexibility index (Phi) is 4.37. The molecule has 22 heavy (non-hydrogen) atoms. The van der Waals surface area contributed by atoms with E-state index in [-0.39, 0.29) is 0 Å². The second kappa shape index (κ2) is 6.60. The van der Waals surface area contributed by atoms with Gasteiger partial charge in [0.05, 0.1) is 0 Å². The summed E-state index contributed by atoms with van der Waals surface area (Å²) in [6, 6.07) is 0. The topological polar surface area (TPSA) is 0 Å². The Morgan fingerprint density at radius 2 is 0.955 bits per heavy atom. The van der Waals surface area contributed by atoms with Crippen LogP contribution >= 0.6 is 0 Å². The second-order valence-electron chi connectivity index (χ2n) is 6.10. The van der Waals surface area contributed by atoms with Gasteiger partial charge in [-0.2, -0.15) is 0 Å². The lowest BCUT2D eigenvalue weighted by Gasteiger charge is -2.21. The molecule has 0 heterocycles. The zero-order valence-corrected chi connectivity index (χ0v) is 12.8. The summed E-state index contributed by atoms with van der Waals surface area (Å²) >= 11 is 0. The van der Waals surface area contributed by atoms with Crippen LogP contribution in [0.3, 0.4) is 0 Å². The van der Waals surface area contributed by atoms with Crippen molar-refractivity contribution < 1.29 is 0 Å². The van der Waals surface area contributed by atoms with Gasteiger partial charge in [0.25, 0.3) is 0 Å². The van der Waals surface area contributed by atoms with Gasteiger partial charge in [-0.3, -0.25) is 0 Å². The van der Waals surface area contributed by atoms with Crippen LogP contribution in [0.15, 0.2) is 48.6 Å². The first-order chi connectivity index (χ1) is 10.9. The molecule has 2 fully saturated rings. The molecule has 4 rings (SSSR count). The van der Waals surface area contributed by atoms with Crippen molar-refractivity contribution in [1.82, 2.24) is 0 Å². The van der Waals surface area contributed by atoms with Crippen LogP contribution in [-0.2, 0) is 0 Å². The molecule has 0 unspecified atom stereocenters. The van der Waals surface area contributed by atoms with Crippen LogP contribution in [0.4, 0.5) is 0 Å². The molecule has 0 aromatic carbocycles. The minimum absolute atomic E-state index is 1.19. The summed E-state index contributed by atoms with van der Waals surface area (Å²) in [5, 5.41) is 0. The third-order valence-electron chi connectivity index (χ3n) is 4.68. The van der Waals surface area contributed by atoms with E-state index in [0.29, 0.717) is 0 Å². The molecule has 0 nitrogen and oxygen atoms in total. The Balaban J connectivity index is 1.20. The summed E-state index contributed by atoms with van der Waals surface area (Å²) in [5.74, 6) is 8.62. The van der Waals surface area contributed by atoms with Crippen molar-refractivity contribution in [3.63, 3.8) is 0 Å². The van der Waals surface area contributed by atoms with Crippen LogP contribution in [0.2, 0.25) is 0 Å². The molecule has 4 aliphatic rings. The van der Waals surface area contributed by atoms with E-state index >= 15 is 0 Å². The summed E-state index contributed by atoms with van der Waals surface area (Å²) in [5.41, 5.74) is 0. The summed E-state index contributed by atoms with van der Waals surface area (Å²) in [6.07, 6.45) is 31.4. The van der Waals surface area contributed by atoms with E-state index in [1.54, 1.807) is 0 Å². The fraction of sp³-hybridized carbons (Fsp3) is 0.182. The highest BCUT2D eigenvalue weighted by Crippen LogP contribution is 2.48. The zero-order chi connectivity index (χ0) is 14.8. The molecular formula is C22H20. The highest BCUT2D eigenvalue weighted by molar-refractivity contribution is 5.63. The van der Waals surface area contributed by atoms with E-state index < -0.39 is 0 Å². The maximum atomic E-state index is 2.29. The number of hydrogen-bond donors (Lipinski definition) is 0. The SMILES string of the molecule is [CH]1[CH][C](CCCC[C]2[CH][CH][C]3C=CC=C[C]32)[C]2C=CC=C[C]12. The molecule has 4 aliphatic carbocycles. The smallest absolute Gasteiger partial charge is 0.0158 e. The number of rotatable bonds is 5. The van der Waals surface area contributed by atoms with Crippen molar-refractivity contribution in [1.29, 1.82) is 0 Å². The monoisotopic (exact) mass is 284 g/mol. The summed E-state index contributed by atoms with van der Waals surface area (Å²) < 4.78 is 0. The van der Waals surface area contributed by atoms with Crippen LogP contribution in [-0.4, -0.2) is 0 Å². The average molecular weight is 284 g/mol. The maximum absolute atomic E-state index is 2.29. The quantitative estimate of drug-likeness (QED) is 0.617. The van der Waals surface area contributed by atoms with Gasteiger partial charge in [-0.15, -0.1) is 0 Å². The van der Waals surface area contributed by atoms with Crippen molar-refractivity contribution >= 4 is 0 Å². The number of fused-ring (bicyclic) bond motifs is 2. The summed E-state index contributed by atoms with van der Waals surface area (Å²) in [4.78, 5) is 0. The van der Waals surface area contributed by atoms with Crippen LogP contribution in [0.5, 0.6) is 0 Å². The lowest BCUT2D eigenvalue weighted by atomic mass is 9.82. The molecule has 0 aromatic heterocycles. The largest absolute Gasteiger partial charge is 0.0762 e. The van der Waals surface area contributed by atoms with Crippen molar-refractivity contribution in [2.75, 3.05) is 0 Å². The van der Waals surface area contributed by atoms with E-state index in [2.05, 4.69) is 74.3 Å². The fourth-order valence-electron chi connectivity index (χ4n) is 3.50. The van der Waals surface area contributed by atoms with E-state index in [1.807, 2.05) is 0 Å². The number of hydrogen-bond acceptors (Lipinski definition) is 0. The van der Waals surface area contributed by atoms with Crippen LogP contribution in [0.1, 0.15) is 25.7 Å². The molecule has 2 saturated carbocycles. The first-order valence-corrected chi connectivity index (χ1v) is 8.18. The molecule has 0 saturated heterocycles. The first-order valence-electron chi connectivity index (χ1n) is 8.18. The molecule has 108 valence electrons. The maximum Gasteiger partial charge on any atom is 0.0158 e. The second-order valence-corrected chi connectivity index (χ2v) is 6.10. The van der Waals surface area contributed by atoms with Crippen molar-refractivity contribution in [3.8, 4) is 0 Å². The van der Waals surface area contributed by atoms with Gasteiger partial charge < -0.3 is 0 Å². The normalized spacial score (nSPS) is 27.1. The average Bonchev–Trinajstić information content (AvgIpc) is 3.16. The van der Waals surface area contributed by atoms with Crippen LogP contribution < -0.4 is 0 Å². The predicted molar refractivity (Wildman–Crippen MR) is 91.7 cm³/mol. The highest BCUT2D eigenvalue weighted by Gasteiger charge is 2.36. The van der Waals surface area contributed by atoms with Gasteiger partial charge in [-0.25, -0.2) is 0 Å².